The van der Waals surface area contributed by atoms with E-state index in [-0.39, 0.29) is 11.6 Å². The van der Waals surface area contributed by atoms with Gasteiger partial charge in [-0.05, 0) is 30.4 Å². The molecule has 24 heavy (non-hydrogen) atoms. The molecule has 126 valence electrons. The molecule has 0 unspecified atom stereocenters. The van der Waals surface area contributed by atoms with Crippen molar-refractivity contribution in [2.75, 3.05) is 0 Å². The Hall–Kier alpha value is -2.21. The summed E-state index contributed by atoms with van der Waals surface area (Å²) in [5, 5.41) is 4.62. The summed E-state index contributed by atoms with van der Waals surface area (Å²) in [7, 11) is 0. The van der Waals surface area contributed by atoms with Gasteiger partial charge in [0.1, 0.15) is 10.7 Å². The van der Waals surface area contributed by atoms with E-state index in [1.165, 1.54) is 29.5 Å². The molecule has 1 atom stereocenters. The van der Waals surface area contributed by atoms with Crippen LogP contribution in [0.1, 0.15) is 47.0 Å². The van der Waals surface area contributed by atoms with E-state index in [9.17, 15) is 14.0 Å². The van der Waals surface area contributed by atoms with Crippen LogP contribution in [0.25, 0.3) is 0 Å². The van der Waals surface area contributed by atoms with Gasteiger partial charge in [0.15, 0.2) is 0 Å². The van der Waals surface area contributed by atoms with Crippen molar-refractivity contribution >= 4 is 23.2 Å². The summed E-state index contributed by atoms with van der Waals surface area (Å²) in [5.41, 5.74) is 0.0675. The lowest BCUT2D eigenvalue weighted by Crippen LogP contribution is -2.38. The van der Waals surface area contributed by atoms with E-state index in [0.717, 1.165) is 25.7 Å². The number of carbonyl (C=O) groups excluding carboxylic acids is 2. The van der Waals surface area contributed by atoms with Gasteiger partial charge >= 0.3 is 5.97 Å². The van der Waals surface area contributed by atoms with Crippen molar-refractivity contribution in [2.45, 2.75) is 37.8 Å². The van der Waals surface area contributed by atoms with E-state index in [1.54, 1.807) is 23.6 Å². The average Bonchev–Trinajstić information content (AvgIpc) is 3.26. The summed E-state index contributed by atoms with van der Waals surface area (Å²) in [5.74, 6) is -1.67. The Kier molecular flexibility index (Phi) is 5.25. The Balaban J connectivity index is 1.81. The van der Waals surface area contributed by atoms with E-state index in [1.807, 2.05) is 0 Å². The van der Waals surface area contributed by atoms with Gasteiger partial charge in [0.25, 0.3) is 5.91 Å². The number of hydrogen-bond acceptors (Lipinski definition) is 4. The van der Waals surface area contributed by atoms with Gasteiger partial charge in [-0.2, -0.15) is 0 Å². The van der Waals surface area contributed by atoms with E-state index in [2.05, 4.69) is 5.32 Å². The fraction of sp³-hybridized carbons (Fsp3) is 0.333. The molecule has 3 rings (SSSR count). The molecule has 1 aliphatic rings. The highest BCUT2D eigenvalue weighted by Crippen LogP contribution is 2.25. The van der Waals surface area contributed by atoms with Gasteiger partial charge < -0.3 is 10.1 Å². The molecule has 1 aromatic heterocycles. The lowest BCUT2D eigenvalue weighted by Gasteiger charge is -2.20. The molecule has 1 aliphatic carbocycles. The van der Waals surface area contributed by atoms with Crippen molar-refractivity contribution in [1.82, 2.24) is 5.32 Å². The minimum absolute atomic E-state index is 0.0622. The summed E-state index contributed by atoms with van der Waals surface area (Å²) in [6, 6.07) is 9.27. The van der Waals surface area contributed by atoms with Crippen LogP contribution in [0.5, 0.6) is 0 Å². The fourth-order valence-corrected chi connectivity index (χ4v) is 3.46. The normalized spacial score (nSPS) is 15.9. The zero-order chi connectivity index (χ0) is 16.9. The zero-order valence-corrected chi connectivity index (χ0v) is 13.9. The number of hydrogen-bond donors (Lipinski definition) is 1. The summed E-state index contributed by atoms with van der Waals surface area (Å²) in [4.78, 5) is 25.2. The van der Waals surface area contributed by atoms with Gasteiger partial charge in [0.2, 0.25) is 6.10 Å². The van der Waals surface area contributed by atoms with E-state index in [4.69, 9.17) is 4.74 Å². The maximum absolute atomic E-state index is 14.1. The highest BCUT2D eigenvalue weighted by Gasteiger charge is 2.30. The molecule has 0 bridgehead atoms. The minimum Gasteiger partial charge on any atom is -0.443 e. The molecule has 1 aromatic carbocycles. The van der Waals surface area contributed by atoms with Crippen LogP contribution in [-0.2, 0) is 9.53 Å². The smallest absolute Gasteiger partial charge is 0.349 e. The van der Waals surface area contributed by atoms with Crippen LogP contribution < -0.4 is 5.32 Å². The summed E-state index contributed by atoms with van der Waals surface area (Å²) in [6.07, 6.45) is 2.62. The predicted octanol–water partition coefficient (Wildman–Crippen LogP) is 3.84. The lowest BCUT2D eigenvalue weighted by atomic mass is 10.1. The Bertz CT molecular complexity index is 711. The van der Waals surface area contributed by atoms with Crippen LogP contribution in [0, 0.1) is 5.82 Å². The Morgan fingerprint density at radius 2 is 1.92 bits per heavy atom. The molecular weight excluding hydrogens is 329 g/mol. The molecule has 0 saturated heterocycles. The van der Waals surface area contributed by atoms with E-state index >= 15 is 0 Å². The van der Waals surface area contributed by atoms with Crippen LogP contribution in [0.4, 0.5) is 4.39 Å². The van der Waals surface area contributed by atoms with Crippen LogP contribution in [0.15, 0.2) is 41.8 Å². The first kappa shape index (κ1) is 16.6. The van der Waals surface area contributed by atoms with Crippen molar-refractivity contribution in [3.8, 4) is 0 Å². The van der Waals surface area contributed by atoms with Gasteiger partial charge in [-0.25, -0.2) is 9.18 Å². The summed E-state index contributed by atoms with van der Waals surface area (Å²) < 4.78 is 19.5. The van der Waals surface area contributed by atoms with Gasteiger partial charge in [0.05, 0.1) is 0 Å². The maximum atomic E-state index is 14.1. The van der Waals surface area contributed by atoms with Crippen molar-refractivity contribution in [1.29, 1.82) is 0 Å². The second-order valence-corrected chi connectivity index (χ2v) is 6.72. The van der Waals surface area contributed by atoms with E-state index in [0.29, 0.717) is 4.88 Å². The zero-order valence-electron chi connectivity index (χ0n) is 13.0. The molecule has 0 aliphatic heterocycles. The summed E-state index contributed by atoms with van der Waals surface area (Å²) >= 11 is 1.22. The second-order valence-electron chi connectivity index (χ2n) is 5.77. The Morgan fingerprint density at radius 3 is 2.58 bits per heavy atom. The van der Waals surface area contributed by atoms with Crippen molar-refractivity contribution in [2.24, 2.45) is 0 Å². The molecule has 2 aromatic rings. The number of halogens is 1. The standard InChI is InChI=1S/C18H18FNO3S/c19-14-9-4-3-8-13(14)16(17(21)20-12-6-1-2-7-12)23-18(22)15-10-5-11-24-15/h3-5,8-12,16H,1-2,6-7H2,(H,20,21)/t16-/m1/s1. The molecule has 0 radical (unpaired) electrons. The second kappa shape index (κ2) is 7.57. The van der Waals surface area contributed by atoms with Crippen LogP contribution in [0.3, 0.4) is 0 Å². The number of rotatable bonds is 5. The number of amides is 1. The average molecular weight is 347 g/mol. The minimum atomic E-state index is -1.29. The molecule has 1 amide bonds. The maximum Gasteiger partial charge on any atom is 0.349 e. The molecule has 1 fully saturated rings. The number of nitrogens with one attached hydrogen (secondary N) is 1. The third-order valence-electron chi connectivity index (χ3n) is 4.07. The summed E-state index contributed by atoms with van der Waals surface area (Å²) in [6.45, 7) is 0. The molecule has 4 nitrogen and oxygen atoms in total. The number of esters is 1. The number of ether oxygens (including phenoxy) is 1. The topological polar surface area (TPSA) is 55.4 Å². The lowest BCUT2D eigenvalue weighted by molar-refractivity contribution is -0.131. The highest BCUT2D eigenvalue weighted by molar-refractivity contribution is 7.11. The highest BCUT2D eigenvalue weighted by atomic mass is 32.1. The number of benzene rings is 1. The molecule has 0 spiro atoms. The first-order chi connectivity index (χ1) is 11.6. The predicted molar refractivity (Wildman–Crippen MR) is 89.3 cm³/mol. The molecule has 1 heterocycles. The third kappa shape index (κ3) is 3.82. The number of carbonyl (C=O) groups is 2. The van der Waals surface area contributed by atoms with Gasteiger partial charge in [-0.3, -0.25) is 4.79 Å². The van der Waals surface area contributed by atoms with E-state index < -0.39 is 23.8 Å². The SMILES string of the molecule is O=C(O[C@@H](C(=O)NC1CCCC1)c1ccccc1F)c1cccs1. The van der Waals surface area contributed by atoms with Crippen LogP contribution in [-0.4, -0.2) is 17.9 Å². The fourth-order valence-electron chi connectivity index (χ4n) is 2.85. The van der Waals surface area contributed by atoms with Crippen molar-refractivity contribution in [3.05, 3.63) is 58.0 Å². The van der Waals surface area contributed by atoms with Crippen LogP contribution in [0.2, 0.25) is 0 Å². The largest absolute Gasteiger partial charge is 0.443 e. The first-order valence-corrected chi connectivity index (χ1v) is 8.82. The van der Waals surface area contributed by atoms with Gasteiger partial charge in [-0.1, -0.05) is 37.1 Å². The van der Waals surface area contributed by atoms with Crippen molar-refractivity contribution < 1.29 is 18.7 Å². The Morgan fingerprint density at radius 1 is 1.17 bits per heavy atom. The molecule has 6 heteroatoms. The third-order valence-corrected chi connectivity index (χ3v) is 4.92. The van der Waals surface area contributed by atoms with Gasteiger partial charge in [-0.15, -0.1) is 11.3 Å². The number of thiophene rings is 1. The molecular formula is C18H18FNO3S. The first-order valence-electron chi connectivity index (χ1n) is 7.94. The van der Waals surface area contributed by atoms with Crippen LogP contribution >= 0.6 is 11.3 Å². The van der Waals surface area contributed by atoms with Gasteiger partial charge in [0, 0.05) is 11.6 Å². The molecule has 1 N–H and O–H groups in total. The quantitative estimate of drug-likeness (QED) is 0.836. The monoisotopic (exact) mass is 347 g/mol. The molecule has 1 saturated carbocycles. The Labute approximate surface area is 143 Å². The van der Waals surface area contributed by atoms with Crippen molar-refractivity contribution in [3.63, 3.8) is 0 Å².